The molecule has 21 heavy (non-hydrogen) atoms. The van der Waals surface area contributed by atoms with Crippen LogP contribution in [0.2, 0.25) is 0 Å². The molecule has 1 aromatic heterocycles. The summed E-state index contributed by atoms with van der Waals surface area (Å²) in [4.78, 5) is 15.2. The number of hydrogen-bond acceptors (Lipinski definition) is 7. The Morgan fingerprint density at radius 1 is 1.33 bits per heavy atom. The van der Waals surface area contributed by atoms with Crippen LogP contribution in [0.1, 0.15) is 33.1 Å². The third-order valence-electron chi connectivity index (χ3n) is 3.37. The summed E-state index contributed by atoms with van der Waals surface area (Å²) in [6, 6.07) is 0.372. The summed E-state index contributed by atoms with van der Waals surface area (Å²) in [6.45, 7) is 7.22. The van der Waals surface area contributed by atoms with Crippen molar-refractivity contribution < 1.29 is 9.47 Å². The summed E-state index contributed by atoms with van der Waals surface area (Å²) in [5.74, 6) is 1.16. The van der Waals surface area contributed by atoms with Crippen molar-refractivity contribution >= 4 is 11.9 Å². The maximum absolute atomic E-state index is 5.70. The molecule has 0 spiro atoms. The molecule has 1 atom stereocenters. The monoisotopic (exact) mass is 295 g/mol. The van der Waals surface area contributed by atoms with E-state index in [-0.39, 0.29) is 6.10 Å². The van der Waals surface area contributed by atoms with E-state index >= 15 is 0 Å². The van der Waals surface area contributed by atoms with Gasteiger partial charge in [-0.1, -0.05) is 6.92 Å². The number of nitrogens with one attached hydrogen (secondary N) is 1. The fourth-order valence-electron chi connectivity index (χ4n) is 2.24. The Labute approximate surface area is 126 Å². The number of aromatic nitrogens is 3. The zero-order valence-corrected chi connectivity index (χ0v) is 13.1. The lowest BCUT2D eigenvalue weighted by Crippen LogP contribution is -2.33. The lowest BCUT2D eigenvalue weighted by atomic mass is 10.2. The van der Waals surface area contributed by atoms with E-state index in [2.05, 4.69) is 39.0 Å². The van der Waals surface area contributed by atoms with Crippen LogP contribution in [-0.4, -0.2) is 54.4 Å². The van der Waals surface area contributed by atoms with E-state index in [1.54, 1.807) is 7.05 Å². The molecule has 1 aliphatic heterocycles. The highest BCUT2D eigenvalue weighted by Gasteiger charge is 2.21. The third-order valence-corrected chi connectivity index (χ3v) is 3.37. The van der Waals surface area contributed by atoms with Crippen molar-refractivity contribution in [1.29, 1.82) is 0 Å². The Morgan fingerprint density at radius 2 is 2.19 bits per heavy atom. The van der Waals surface area contributed by atoms with Gasteiger partial charge in [-0.15, -0.1) is 0 Å². The summed E-state index contributed by atoms with van der Waals surface area (Å²) < 4.78 is 11.2. The average Bonchev–Trinajstić information content (AvgIpc) is 3.03. The molecule has 2 rings (SSSR count). The highest BCUT2D eigenvalue weighted by Crippen LogP contribution is 2.19. The number of hydrogen-bond donors (Lipinski definition) is 1. The van der Waals surface area contributed by atoms with Gasteiger partial charge in [-0.3, -0.25) is 0 Å². The Balaban J connectivity index is 2.13. The molecule has 1 aliphatic rings. The van der Waals surface area contributed by atoms with Gasteiger partial charge in [-0.05, 0) is 26.2 Å². The normalized spacial score (nSPS) is 17.8. The van der Waals surface area contributed by atoms with Crippen molar-refractivity contribution in [2.45, 2.75) is 39.2 Å². The minimum absolute atomic E-state index is 0.264. The van der Waals surface area contributed by atoms with Gasteiger partial charge in [-0.2, -0.15) is 15.0 Å². The molecule has 0 saturated carbocycles. The van der Waals surface area contributed by atoms with Crippen molar-refractivity contribution in [3.8, 4) is 6.01 Å². The fourth-order valence-corrected chi connectivity index (χ4v) is 2.24. The Kier molecular flexibility index (Phi) is 5.98. The average molecular weight is 295 g/mol. The van der Waals surface area contributed by atoms with Crippen molar-refractivity contribution in [1.82, 2.24) is 15.0 Å². The van der Waals surface area contributed by atoms with Crippen molar-refractivity contribution in [2.75, 3.05) is 43.6 Å². The fraction of sp³-hybridized carbons (Fsp3) is 0.786. The molecule has 1 N–H and O–H groups in total. The zero-order chi connectivity index (χ0) is 15.1. The largest absolute Gasteiger partial charge is 0.463 e. The second kappa shape index (κ2) is 7.97. The predicted octanol–water partition coefficient (Wildman–Crippen LogP) is 1.71. The smallest absolute Gasteiger partial charge is 0.323 e. The van der Waals surface area contributed by atoms with E-state index in [0.717, 1.165) is 39.0 Å². The van der Waals surface area contributed by atoms with Gasteiger partial charge in [0.25, 0.3) is 0 Å². The van der Waals surface area contributed by atoms with Gasteiger partial charge in [0.05, 0.1) is 12.7 Å². The van der Waals surface area contributed by atoms with Crippen LogP contribution >= 0.6 is 0 Å². The molecular formula is C14H25N5O2. The third kappa shape index (κ3) is 4.42. The zero-order valence-electron chi connectivity index (χ0n) is 13.1. The number of anilines is 2. The minimum Gasteiger partial charge on any atom is -0.463 e. The van der Waals surface area contributed by atoms with E-state index in [0.29, 0.717) is 24.5 Å². The minimum atomic E-state index is 0.264. The molecule has 0 radical (unpaired) electrons. The summed E-state index contributed by atoms with van der Waals surface area (Å²) in [7, 11) is 1.79. The Morgan fingerprint density at radius 3 is 2.81 bits per heavy atom. The van der Waals surface area contributed by atoms with Gasteiger partial charge in [0.2, 0.25) is 11.9 Å². The predicted molar refractivity (Wildman–Crippen MR) is 82.0 cm³/mol. The molecule has 7 heteroatoms. The Hall–Kier alpha value is -1.63. The molecule has 1 saturated heterocycles. The summed E-state index contributed by atoms with van der Waals surface area (Å²) >= 11 is 0. The van der Waals surface area contributed by atoms with Crippen LogP contribution in [-0.2, 0) is 4.74 Å². The summed E-state index contributed by atoms with van der Waals surface area (Å²) in [5.41, 5.74) is 0. The van der Waals surface area contributed by atoms with Gasteiger partial charge < -0.3 is 19.7 Å². The van der Waals surface area contributed by atoms with Crippen molar-refractivity contribution in [3.05, 3.63) is 0 Å². The van der Waals surface area contributed by atoms with Crippen molar-refractivity contribution in [3.63, 3.8) is 0 Å². The van der Waals surface area contributed by atoms with Gasteiger partial charge in [0.1, 0.15) is 0 Å². The SMILES string of the molecule is CCCOc1nc(NC)nc(N(CC)CC2CCCO2)n1. The Bertz CT molecular complexity index is 437. The van der Waals surface area contributed by atoms with E-state index in [9.17, 15) is 0 Å². The number of likely N-dealkylation sites (N-methyl/N-ethyl adjacent to an activating group) is 1. The van der Waals surface area contributed by atoms with Gasteiger partial charge in [-0.25, -0.2) is 0 Å². The molecule has 0 bridgehead atoms. The molecule has 1 unspecified atom stereocenters. The molecule has 0 aliphatic carbocycles. The van der Waals surface area contributed by atoms with Crippen LogP contribution in [0.3, 0.4) is 0 Å². The van der Waals surface area contributed by atoms with Gasteiger partial charge in [0.15, 0.2) is 0 Å². The number of rotatable bonds is 8. The van der Waals surface area contributed by atoms with Gasteiger partial charge in [0, 0.05) is 26.7 Å². The van der Waals surface area contributed by atoms with Gasteiger partial charge >= 0.3 is 6.01 Å². The first-order valence-corrected chi connectivity index (χ1v) is 7.70. The molecule has 7 nitrogen and oxygen atoms in total. The van der Waals surface area contributed by atoms with E-state index in [4.69, 9.17) is 9.47 Å². The second-order valence-corrected chi connectivity index (χ2v) is 5.01. The van der Waals surface area contributed by atoms with E-state index in [1.807, 2.05) is 0 Å². The van der Waals surface area contributed by atoms with E-state index < -0.39 is 0 Å². The van der Waals surface area contributed by atoms with Crippen molar-refractivity contribution in [2.24, 2.45) is 0 Å². The maximum Gasteiger partial charge on any atom is 0.323 e. The molecule has 1 fully saturated rings. The standard InChI is InChI=1S/C14H25N5O2/c1-4-8-21-14-17-12(15-3)16-13(18-14)19(5-2)10-11-7-6-9-20-11/h11H,4-10H2,1-3H3,(H,15,16,17,18). The van der Waals surface area contributed by atoms with Crippen LogP contribution < -0.4 is 15.0 Å². The van der Waals surface area contributed by atoms with Crippen LogP contribution in [0, 0.1) is 0 Å². The van der Waals surface area contributed by atoms with Crippen LogP contribution in [0.4, 0.5) is 11.9 Å². The first-order valence-electron chi connectivity index (χ1n) is 7.70. The molecule has 2 heterocycles. The summed E-state index contributed by atoms with van der Waals surface area (Å²) in [6.07, 6.45) is 3.41. The first-order chi connectivity index (χ1) is 10.3. The van der Waals surface area contributed by atoms with Crippen LogP contribution in [0.15, 0.2) is 0 Å². The van der Waals surface area contributed by atoms with Crippen LogP contribution in [0.25, 0.3) is 0 Å². The van der Waals surface area contributed by atoms with Crippen LogP contribution in [0.5, 0.6) is 6.01 Å². The lowest BCUT2D eigenvalue weighted by Gasteiger charge is -2.24. The highest BCUT2D eigenvalue weighted by atomic mass is 16.5. The molecule has 0 aromatic carbocycles. The maximum atomic E-state index is 5.70. The molecule has 1 aromatic rings. The topological polar surface area (TPSA) is 72.4 Å². The molecule has 118 valence electrons. The quantitative estimate of drug-likeness (QED) is 0.782. The summed E-state index contributed by atoms with van der Waals surface area (Å²) in [5, 5.41) is 2.96. The first kappa shape index (κ1) is 15.8. The second-order valence-electron chi connectivity index (χ2n) is 5.01. The van der Waals surface area contributed by atoms with E-state index in [1.165, 1.54) is 0 Å². The number of ether oxygens (including phenoxy) is 2. The lowest BCUT2D eigenvalue weighted by molar-refractivity contribution is 0.115. The number of nitrogens with zero attached hydrogens (tertiary/aromatic N) is 4. The molecule has 0 amide bonds. The highest BCUT2D eigenvalue weighted by molar-refractivity contribution is 5.38. The molecular weight excluding hydrogens is 270 g/mol.